The summed E-state index contributed by atoms with van der Waals surface area (Å²) < 4.78 is 0.929. The SMILES string of the molecule is CN=C(NN)c1ccc(Br)cn1. The van der Waals surface area contributed by atoms with Crippen molar-refractivity contribution in [3.63, 3.8) is 0 Å². The molecule has 1 heterocycles. The van der Waals surface area contributed by atoms with Gasteiger partial charge in [-0.15, -0.1) is 0 Å². The zero-order chi connectivity index (χ0) is 8.97. The van der Waals surface area contributed by atoms with E-state index in [4.69, 9.17) is 5.84 Å². The maximum atomic E-state index is 5.22. The number of amidine groups is 1. The topological polar surface area (TPSA) is 63.3 Å². The van der Waals surface area contributed by atoms with Gasteiger partial charge in [0.25, 0.3) is 0 Å². The van der Waals surface area contributed by atoms with Crippen LogP contribution in [-0.2, 0) is 0 Å². The molecule has 0 aromatic carbocycles. The van der Waals surface area contributed by atoms with Gasteiger partial charge in [0, 0.05) is 17.7 Å². The Labute approximate surface area is 79.0 Å². The van der Waals surface area contributed by atoms with Gasteiger partial charge in [0.05, 0.1) is 0 Å². The Morgan fingerprint density at radius 2 is 2.42 bits per heavy atom. The van der Waals surface area contributed by atoms with Crippen LogP contribution in [0.15, 0.2) is 27.8 Å². The first-order chi connectivity index (χ1) is 5.77. The summed E-state index contributed by atoms with van der Waals surface area (Å²) in [6.45, 7) is 0. The van der Waals surface area contributed by atoms with E-state index in [0.717, 1.165) is 10.2 Å². The van der Waals surface area contributed by atoms with E-state index in [1.807, 2.05) is 12.1 Å². The first kappa shape index (κ1) is 9.15. The number of aliphatic imine (C=N–C) groups is 1. The van der Waals surface area contributed by atoms with Crippen molar-refractivity contribution in [3.8, 4) is 0 Å². The Kier molecular flexibility index (Phi) is 3.19. The minimum Gasteiger partial charge on any atom is -0.307 e. The summed E-state index contributed by atoms with van der Waals surface area (Å²) in [6, 6.07) is 3.71. The fourth-order valence-electron chi connectivity index (χ4n) is 0.769. The molecule has 64 valence electrons. The summed E-state index contributed by atoms with van der Waals surface area (Å²) in [5.74, 6) is 5.79. The molecule has 0 bridgehead atoms. The number of pyridine rings is 1. The van der Waals surface area contributed by atoms with Crippen LogP contribution in [0.2, 0.25) is 0 Å². The van der Waals surface area contributed by atoms with E-state index in [-0.39, 0.29) is 0 Å². The molecule has 0 saturated heterocycles. The standard InChI is InChI=1S/C7H9BrN4/c1-10-7(12-9)6-3-2-5(8)4-11-6/h2-4H,9H2,1H3,(H,10,12). The molecule has 1 aromatic rings. The van der Waals surface area contributed by atoms with Crippen LogP contribution in [0.3, 0.4) is 0 Å². The molecule has 0 aliphatic heterocycles. The van der Waals surface area contributed by atoms with Crippen molar-refractivity contribution in [3.05, 3.63) is 28.5 Å². The average Bonchev–Trinajstić information content (AvgIpc) is 2.10. The van der Waals surface area contributed by atoms with Gasteiger partial charge in [-0.2, -0.15) is 0 Å². The number of hydrazine groups is 1. The fraction of sp³-hybridized carbons (Fsp3) is 0.143. The summed E-state index contributed by atoms with van der Waals surface area (Å²) >= 11 is 3.28. The van der Waals surface area contributed by atoms with Gasteiger partial charge in [0.1, 0.15) is 5.69 Å². The van der Waals surface area contributed by atoms with Crippen LogP contribution in [0.25, 0.3) is 0 Å². The Morgan fingerprint density at radius 1 is 1.67 bits per heavy atom. The van der Waals surface area contributed by atoms with Gasteiger partial charge in [-0.25, -0.2) is 5.84 Å². The molecule has 4 nitrogen and oxygen atoms in total. The van der Waals surface area contributed by atoms with Gasteiger partial charge in [-0.1, -0.05) is 0 Å². The van der Waals surface area contributed by atoms with E-state index in [0.29, 0.717) is 5.84 Å². The highest BCUT2D eigenvalue weighted by molar-refractivity contribution is 9.10. The predicted molar refractivity (Wildman–Crippen MR) is 51.7 cm³/mol. The second kappa shape index (κ2) is 4.18. The molecule has 0 aliphatic rings. The Morgan fingerprint density at radius 3 is 2.83 bits per heavy atom. The highest BCUT2D eigenvalue weighted by atomic mass is 79.9. The molecule has 0 unspecified atom stereocenters. The third kappa shape index (κ3) is 2.02. The number of nitrogens with zero attached hydrogens (tertiary/aromatic N) is 2. The molecule has 3 N–H and O–H groups in total. The van der Waals surface area contributed by atoms with Crippen molar-refractivity contribution in [1.29, 1.82) is 0 Å². The second-order valence-corrected chi connectivity index (χ2v) is 2.99. The van der Waals surface area contributed by atoms with Gasteiger partial charge >= 0.3 is 0 Å². The molecule has 0 radical (unpaired) electrons. The van der Waals surface area contributed by atoms with Crippen molar-refractivity contribution in [2.45, 2.75) is 0 Å². The number of aromatic nitrogens is 1. The molecule has 5 heteroatoms. The van der Waals surface area contributed by atoms with Gasteiger partial charge in [-0.05, 0) is 28.1 Å². The maximum absolute atomic E-state index is 5.22. The zero-order valence-electron chi connectivity index (χ0n) is 6.58. The van der Waals surface area contributed by atoms with E-state index in [2.05, 4.69) is 31.3 Å². The summed E-state index contributed by atoms with van der Waals surface area (Å²) in [7, 11) is 1.65. The van der Waals surface area contributed by atoms with E-state index >= 15 is 0 Å². The van der Waals surface area contributed by atoms with Crippen molar-refractivity contribution in [2.24, 2.45) is 10.8 Å². The first-order valence-corrected chi connectivity index (χ1v) is 4.12. The van der Waals surface area contributed by atoms with Crippen molar-refractivity contribution in [2.75, 3.05) is 7.05 Å². The lowest BCUT2D eigenvalue weighted by Crippen LogP contribution is -2.31. The predicted octanol–water partition coefficient (Wildman–Crippen LogP) is 0.684. The highest BCUT2D eigenvalue weighted by Crippen LogP contribution is 2.07. The molecule has 0 spiro atoms. The minimum atomic E-state index is 0.572. The van der Waals surface area contributed by atoms with E-state index in [1.54, 1.807) is 13.2 Å². The van der Waals surface area contributed by atoms with E-state index in [1.165, 1.54) is 0 Å². The number of hydrogen-bond donors (Lipinski definition) is 2. The Hall–Kier alpha value is -0.940. The average molecular weight is 229 g/mol. The van der Waals surface area contributed by atoms with Crippen molar-refractivity contribution in [1.82, 2.24) is 10.4 Å². The van der Waals surface area contributed by atoms with Crippen LogP contribution in [0.4, 0.5) is 0 Å². The molecule has 1 aromatic heterocycles. The molecule has 0 amide bonds. The first-order valence-electron chi connectivity index (χ1n) is 3.33. The summed E-state index contributed by atoms with van der Waals surface area (Å²) in [4.78, 5) is 8.01. The molecular formula is C7H9BrN4. The monoisotopic (exact) mass is 228 g/mol. The van der Waals surface area contributed by atoms with Gasteiger partial charge in [-0.3, -0.25) is 9.98 Å². The molecule has 0 atom stereocenters. The summed E-state index contributed by atoms with van der Waals surface area (Å²) in [5.41, 5.74) is 3.18. The van der Waals surface area contributed by atoms with Gasteiger partial charge in [0.15, 0.2) is 5.84 Å². The molecule has 0 saturated carbocycles. The second-order valence-electron chi connectivity index (χ2n) is 2.08. The van der Waals surface area contributed by atoms with Crippen LogP contribution >= 0.6 is 15.9 Å². The van der Waals surface area contributed by atoms with Gasteiger partial charge < -0.3 is 5.43 Å². The number of halogens is 1. The third-order valence-corrected chi connectivity index (χ3v) is 1.80. The number of nitrogens with one attached hydrogen (secondary N) is 1. The van der Waals surface area contributed by atoms with E-state index in [9.17, 15) is 0 Å². The number of hydrogen-bond acceptors (Lipinski definition) is 3. The third-order valence-electron chi connectivity index (χ3n) is 1.33. The summed E-state index contributed by atoms with van der Waals surface area (Å²) in [5, 5.41) is 0. The number of nitrogens with two attached hydrogens (primary N) is 1. The molecule has 12 heavy (non-hydrogen) atoms. The van der Waals surface area contributed by atoms with Crippen LogP contribution < -0.4 is 11.3 Å². The lowest BCUT2D eigenvalue weighted by atomic mass is 10.3. The largest absolute Gasteiger partial charge is 0.307 e. The Balaban J connectivity index is 2.96. The quantitative estimate of drug-likeness (QED) is 0.322. The lowest BCUT2D eigenvalue weighted by Gasteiger charge is -2.02. The molecule has 0 aliphatic carbocycles. The number of rotatable bonds is 1. The minimum absolute atomic E-state index is 0.572. The van der Waals surface area contributed by atoms with Crippen molar-refractivity contribution < 1.29 is 0 Å². The van der Waals surface area contributed by atoms with Crippen LogP contribution in [0.5, 0.6) is 0 Å². The normalized spacial score (nSPS) is 11.4. The Bertz CT molecular complexity index is 280. The van der Waals surface area contributed by atoms with Crippen molar-refractivity contribution >= 4 is 21.8 Å². The van der Waals surface area contributed by atoms with Crippen LogP contribution in [0, 0.1) is 0 Å². The zero-order valence-corrected chi connectivity index (χ0v) is 8.17. The molecule has 1 rings (SSSR count). The molecular weight excluding hydrogens is 220 g/mol. The van der Waals surface area contributed by atoms with Crippen LogP contribution in [0.1, 0.15) is 5.69 Å². The van der Waals surface area contributed by atoms with Crippen LogP contribution in [-0.4, -0.2) is 17.9 Å². The van der Waals surface area contributed by atoms with E-state index < -0.39 is 0 Å². The fourth-order valence-corrected chi connectivity index (χ4v) is 1.00. The highest BCUT2D eigenvalue weighted by Gasteiger charge is 2.00. The smallest absolute Gasteiger partial charge is 0.161 e. The maximum Gasteiger partial charge on any atom is 0.161 e. The summed E-state index contributed by atoms with van der Waals surface area (Å²) in [6.07, 6.45) is 1.69. The van der Waals surface area contributed by atoms with Gasteiger partial charge in [0.2, 0.25) is 0 Å². The lowest BCUT2D eigenvalue weighted by molar-refractivity contribution is 1.00. The molecule has 0 fully saturated rings.